The van der Waals surface area contributed by atoms with Gasteiger partial charge < -0.3 is 10.6 Å². The summed E-state index contributed by atoms with van der Waals surface area (Å²) in [7, 11) is 0. The third kappa shape index (κ3) is 5.38. The van der Waals surface area contributed by atoms with Crippen LogP contribution in [0.15, 0.2) is 18.2 Å². The molecule has 2 N–H and O–H groups in total. The van der Waals surface area contributed by atoms with Gasteiger partial charge in [-0.25, -0.2) is 0 Å². The Labute approximate surface area is 153 Å². The molecule has 0 aliphatic heterocycles. The highest BCUT2D eigenvalue weighted by Crippen LogP contribution is 2.29. The van der Waals surface area contributed by atoms with Crippen molar-refractivity contribution < 1.29 is 9.59 Å². The van der Waals surface area contributed by atoms with Crippen molar-refractivity contribution in [2.45, 2.75) is 51.5 Å². The molecule has 1 aromatic carbocycles. The van der Waals surface area contributed by atoms with Gasteiger partial charge in [-0.2, -0.15) is 0 Å². The molecule has 0 radical (unpaired) electrons. The molecular formula is C18H24Cl2N2O2. The van der Waals surface area contributed by atoms with Crippen LogP contribution in [0.3, 0.4) is 0 Å². The minimum atomic E-state index is -0.238. The van der Waals surface area contributed by atoms with Crippen molar-refractivity contribution in [2.75, 3.05) is 6.54 Å². The number of hydrogen-bond acceptors (Lipinski definition) is 2. The smallest absolute Gasteiger partial charge is 0.223 e. The van der Waals surface area contributed by atoms with Crippen LogP contribution in [0, 0.1) is 5.92 Å². The fourth-order valence-electron chi connectivity index (χ4n) is 3.05. The van der Waals surface area contributed by atoms with Crippen molar-refractivity contribution in [3.63, 3.8) is 0 Å². The highest BCUT2D eigenvalue weighted by Gasteiger charge is 2.21. The van der Waals surface area contributed by atoms with Gasteiger partial charge in [0.1, 0.15) is 0 Å². The Kier molecular flexibility index (Phi) is 7.38. The van der Waals surface area contributed by atoms with Crippen LogP contribution in [0.1, 0.15) is 57.1 Å². The van der Waals surface area contributed by atoms with Crippen LogP contribution in [-0.2, 0) is 9.59 Å². The Morgan fingerprint density at radius 1 is 1.21 bits per heavy atom. The molecule has 1 aromatic rings. The third-order valence-corrected chi connectivity index (χ3v) is 5.29. The highest BCUT2D eigenvalue weighted by atomic mass is 35.5. The Bertz CT molecular complexity index is 586. The van der Waals surface area contributed by atoms with Crippen molar-refractivity contribution >= 4 is 35.0 Å². The summed E-state index contributed by atoms with van der Waals surface area (Å²) >= 11 is 12.2. The fourth-order valence-corrected chi connectivity index (χ4v) is 3.53. The minimum absolute atomic E-state index is 0.0773. The predicted octanol–water partition coefficient (Wildman–Crippen LogP) is 4.26. The topological polar surface area (TPSA) is 58.2 Å². The van der Waals surface area contributed by atoms with Crippen LogP contribution in [0.5, 0.6) is 0 Å². The second-order valence-corrected chi connectivity index (χ2v) is 7.09. The molecule has 0 heterocycles. The van der Waals surface area contributed by atoms with Gasteiger partial charge >= 0.3 is 0 Å². The zero-order valence-electron chi connectivity index (χ0n) is 13.9. The molecule has 0 aromatic heterocycles. The van der Waals surface area contributed by atoms with Gasteiger partial charge in [0, 0.05) is 18.9 Å². The number of carbonyl (C=O) groups is 2. The molecule has 2 amide bonds. The first-order chi connectivity index (χ1) is 11.5. The van der Waals surface area contributed by atoms with Gasteiger partial charge in [0.25, 0.3) is 0 Å². The third-order valence-electron chi connectivity index (χ3n) is 4.45. The van der Waals surface area contributed by atoms with Crippen molar-refractivity contribution in [3.05, 3.63) is 33.8 Å². The average molecular weight is 371 g/mol. The van der Waals surface area contributed by atoms with E-state index in [2.05, 4.69) is 10.6 Å². The lowest BCUT2D eigenvalue weighted by atomic mass is 9.89. The maximum absolute atomic E-state index is 12.0. The van der Waals surface area contributed by atoms with E-state index in [1.807, 2.05) is 13.0 Å². The molecule has 4 nitrogen and oxygen atoms in total. The van der Waals surface area contributed by atoms with Gasteiger partial charge in [-0.1, -0.05) is 54.6 Å². The Hall–Kier alpha value is -1.26. The normalized spacial score (nSPS) is 16.5. The second-order valence-electron chi connectivity index (χ2n) is 6.31. The summed E-state index contributed by atoms with van der Waals surface area (Å²) in [4.78, 5) is 24.1. The summed E-state index contributed by atoms with van der Waals surface area (Å²) in [6.45, 7) is 2.22. The van der Waals surface area contributed by atoms with Crippen molar-refractivity contribution in [1.29, 1.82) is 0 Å². The zero-order valence-corrected chi connectivity index (χ0v) is 15.4. The molecule has 24 heavy (non-hydrogen) atoms. The monoisotopic (exact) mass is 370 g/mol. The lowest BCUT2D eigenvalue weighted by molar-refractivity contribution is -0.126. The van der Waals surface area contributed by atoms with Gasteiger partial charge in [0.15, 0.2) is 0 Å². The number of carbonyl (C=O) groups excluding carboxylic acids is 2. The summed E-state index contributed by atoms with van der Waals surface area (Å²) < 4.78 is 0. The first kappa shape index (κ1) is 19.1. The molecule has 0 saturated heterocycles. The maximum atomic E-state index is 12.0. The Morgan fingerprint density at radius 2 is 1.92 bits per heavy atom. The van der Waals surface area contributed by atoms with E-state index < -0.39 is 0 Å². The minimum Gasteiger partial charge on any atom is -0.355 e. The molecule has 132 valence electrons. The zero-order chi connectivity index (χ0) is 17.5. The van der Waals surface area contributed by atoms with Crippen LogP contribution < -0.4 is 10.6 Å². The molecule has 1 saturated carbocycles. The molecule has 1 fully saturated rings. The maximum Gasteiger partial charge on any atom is 0.223 e. The van der Waals surface area contributed by atoms with E-state index in [0.717, 1.165) is 31.2 Å². The molecule has 1 aliphatic carbocycles. The van der Waals surface area contributed by atoms with E-state index in [1.165, 1.54) is 6.42 Å². The van der Waals surface area contributed by atoms with E-state index >= 15 is 0 Å². The number of amides is 2. The van der Waals surface area contributed by atoms with Gasteiger partial charge in [-0.15, -0.1) is 0 Å². The quantitative estimate of drug-likeness (QED) is 0.785. The highest BCUT2D eigenvalue weighted by molar-refractivity contribution is 6.42. The standard InChI is InChI=1S/C18H24Cl2N2O2/c1-12(14-8-5-9-15(19)17(14)20)22-16(23)10-11-21-18(24)13-6-3-2-4-7-13/h5,8-9,12-13H,2-4,6-7,10-11H2,1H3,(H,21,24)(H,22,23). The average Bonchev–Trinajstić information content (AvgIpc) is 2.57. The van der Waals surface area contributed by atoms with E-state index in [1.54, 1.807) is 12.1 Å². The Morgan fingerprint density at radius 3 is 2.62 bits per heavy atom. The predicted molar refractivity (Wildman–Crippen MR) is 97.2 cm³/mol. The van der Waals surface area contributed by atoms with Crippen LogP contribution in [0.2, 0.25) is 10.0 Å². The van der Waals surface area contributed by atoms with E-state index in [4.69, 9.17) is 23.2 Å². The van der Waals surface area contributed by atoms with Crippen LogP contribution in [-0.4, -0.2) is 18.4 Å². The van der Waals surface area contributed by atoms with Crippen LogP contribution >= 0.6 is 23.2 Å². The van der Waals surface area contributed by atoms with Gasteiger partial charge in [0.2, 0.25) is 11.8 Å². The van der Waals surface area contributed by atoms with Crippen LogP contribution in [0.4, 0.5) is 0 Å². The fraction of sp³-hybridized carbons (Fsp3) is 0.556. The lowest BCUT2D eigenvalue weighted by Gasteiger charge is -2.21. The first-order valence-corrected chi connectivity index (χ1v) is 9.25. The summed E-state index contributed by atoms with van der Waals surface area (Å²) in [5.74, 6) is 0.0712. The van der Waals surface area contributed by atoms with Crippen LogP contribution in [0.25, 0.3) is 0 Å². The number of rotatable bonds is 6. The lowest BCUT2D eigenvalue weighted by Crippen LogP contribution is -2.35. The van der Waals surface area contributed by atoms with Gasteiger partial charge in [-0.3, -0.25) is 9.59 Å². The van der Waals surface area contributed by atoms with Crippen molar-refractivity contribution in [3.8, 4) is 0 Å². The molecule has 1 unspecified atom stereocenters. The molecule has 6 heteroatoms. The SMILES string of the molecule is CC(NC(=O)CCNC(=O)C1CCCCC1)c1cccc(Cl)c1Cl. The number of hydrogen-bond donors (Lipinski definition) is 2. The van der Waals surface area contributed by atoms with Gasteiger partial charge in [-0.05, 0) is 31.4 Å². The second kappa shape index (κ2) is 9.28. The Balaban J connectivity index is 1.74. The first-order valence-electron chi connectivity index (χ1n) is 8.50. The molecule has 1 atom stereocenters. The number of halogens is 2. The van der Waals surface area contributed by atoms with E-state index in [-0.39, 0.29) is 30.2 Å². The van der Waals surface area contributed by atoms with Crippen molar-refractivity contribution in [2.24, 2.45) is 5.92 Å². The summed E-state index contributed by atoms with van der Waals surface area (Å²) in [5, 5.41) is 6.68. The summed E-state index contributed by atoms with van der Waals surface area (Å²) in [6.07, 6.45) is 5.63. The molecule has 0 spiro atoms. The summed E-state index contributed by atoms with van der Waals surface area (Å²) in [5.41, 5.74) is 0.781. The molecule has 0 bridgehead atoms. The number of benzene rings is 1. The van der Waals surface area contributed by atoms with E-state index in [0.29, 0.717) is 16.6 Å². The summed E-state index contributed by atoms with van der Waals surface area (Å²) in [6, 6.07) is 5.11. The number of nitrogens with one attached hydrogen (secondary N) is 2. The van der Waals surface area contributed by atoms with Crippen molar-refractivity contribution in [1.82, 2.24) is 10.6 Å². The molecule has 2 rings (SSSR count). The van der Waals surface area contributed by atoms with E-state index in [9.17, 15) is 9.59 Å². The largest absolute Gasteiger partial charge is 0.355 e. The van der Waals surface area contributed by atoms with Gasteiger partial charge in [0.05, 0.1) is 16.1 Å². The molecular weight excluding hydrogens is 347 g/mol. The molecule has 1 aliphatic rings.